The average molecular weight is 291 g/mol. The molecule has 116 valence electrons. The monoisotopic (exact) mass is 291 g/mol. The van der Waals surface area contributed by atoms with Crippen LogP contribution in [-0.4, -0.2) is 34.8 Å². The lowest BCUT2D eigenvalue weighted by molar-refractivity contribution is 0.0204. The Hall–Kier alpha value is -1.71. The molecule has 1 aromatic rings. The summed E-state index contributed by atoms with van der Waals surface area (Å²) in [5.41, 5.74) is 1.69. The van der Waals surface area contributed by atoms with E-state index in [0.717, 1.165) is 24.0 Å². The molecule has 1 aliphatic heterocycles. The van der Waals surface area contributed by atoms with Crippen LogP contribution in [0.5, 0.6) is 5.75 Å². The minimum Gasteiger partial charge on any atom is -0.508 e. The highest BCUT2D eigenvalue weighted by Gasteiger charge is 2.28. The fourth-order valence-electron chi connectivity index (χ4n) is 2.70. The zero-order valence-electron chi connectivity index (χ0n) is 13.3. The summed E-state index contributed by atoms with van der Waals surface area (Å²) in [5, 5.41) is 10.0. The fraction of sp³-hybridized carbons (Fsp3) is 0.588. The van der Waals surface area contributed by atoms with Gasteiger partial charge in [0.1, 0.15) is 11.4 Å². The molecule has 4 nitrogen and oxygen atoms in total. The quantitative estimate of drug-likeness (QED) is 0.856. The number of nitrogens with zero attached hydrogens (tertiary/aromatic N) is 1. The third kappa shape index (κ3) is 4.13. The molecule has 1 saturated heterocycles. The summed E-state index contributed by atoms with van der Waals surface area (Å²) in [6.07, 6.45) is 1.47. The van der Waals surface area contributed by atoms with Gasteiger partial charge in [0, 0.05) is 13.1 Å². The first-order valence-electron chi connectivity index (χ1n) is 7.54. The first kappa shape index (κ1) is 15.7. The molecule has 0 bridgehead atoms. The van der Waals surface area contributed by atoms with Crippen LogP contribution >= 0.6 is 0 Å². The van der Waals surface area contributed by atoms with E-state index in [1.807, 2.05) is 39.8 Å². The number of rotatable bonds is 1. The lowest BCUT2D eigenvalue weighted by atomic mass is 9.88. The molecule has 0 aliphatic carbocycles. The predicted octanol–water partition coefficient (Wildman–Crippen LogP) is 3.82. The van der Waals surface area contributed by atoms with Gasteiger partial charge in [-0.2, -0.15) is 0 Å². The van der Waals surface area contributed by atoms with Gasteiger partial charge in [0.15, 0.2) is 0 Å². The summed E-state index contributed by atoms with van der Waals surface area (Å²) in [6, 6.07) is 5.71. The molecule has 0 saturated carbocycles. The zero-order valence-corrected chi connectivity index (χ0v) is 13.3. The molecule has 1 heterocycles. The van der Waals surface area contributed by atoms with Gasteiger partial charge in [-0.3, -0.25) is 0 Å². The van der Waals surface area contributed by atoms with Crippen molar-refractivity contribution in [3.63, 3.8) is 0 Å². The third-order valence-corrected chi connectivity index (χ3v) is 3.77. The second-order valence-electron chi connectivity index (χ2n) is 6.80. The van der Waals surface area contributed by atoms with Crippen molar-refractivity contribution in [2.75, 3.05) is 13.1 Å². The van der Waals surface area contributed by atoms with Crippen LogP contribution in [0.3, 0.4) is 0 Å². The van der Waals surface area contributed by atoms with Crippen LogP contribution in [0.2, 0.25) is 0 Å². The number of carbonyl (C=O) groups is 1. The van der Waals surface area contributed by atoms with E-state index < -0.39 is 5.60 Å². The standard InChI is InChI=1S/C17H25NO3/c1-12-5-6-15(19)14(11-12)13-7-9-18(10-8-13)16(20)21-17(2,3)4/h5-6,11,13,19H,7-10H2,1-4H3. The molecule has 0 aromatic heterocycles. The van der Waals surface area contributed by atoms with E-state index >= 15 is 0 Å². The second-order valence-corrected chi connectivity index (χ2v) is 6.80. The maximum Gasteiger partial charge on any atom is 0.410 e. The molecule has 1 N–H and O–H groups in total. The number of benzene rings is 1. The molecule has 1 fully saturated rings. The van der Waals surface area contributed by atoms with E-state index in [-0.39, 0.29) is 6.09 Å². The van der Waals surface area contributed by atoms with E-state index in [1.54, 1.807) is 11.0 Å². The second kappa shape index (κ2) is 5.96. The number of aryl methyl sites for hydroxylation is 1. The van der Waals surface area contributed by atoms with Crippen molar-refractivity contribution in [2.45, 2.75) is 52.1 Å². The SMILES string of the molecule is Cc1ccc(O)c(C2CCN(C(=O)OC(C)(C)C)CC2)c1. The van der Waals surface area contributed by atoms with Gasteiger partial charge in [-0.1, -0.05) is 17.7 Å². The normalized spacial score (nSPS) is 16.9. The highest BCUT2D eigenvalue weighted by molar-refractivity contribution is 5.68. The minimum absolute atomic E-state index is 0.241. The lowest BCUT2D eigenvalue weighted by Gasteiger charge is -2.33. The molecule has 1 aliphatic rings. The molecule has 0 unspecified atom stereocenters. The summed E-state index contributed by atoms with van der Waals surface area (Å²) in [7, 11) is 0. The van der Waals surface area contributed by atoms with Gasteiger partial charge in [-0.25, -0.2) is 4.79 Å². The van der Waals surface area contributed by atoms with Gasteiger partial charge in [0.05, 0.1) is 0 Å². The van der Waals surface area contributed by atoms with Crippen molar-refractivity contribution in [3.8, 4) is 5.75 Å². The molecule has 0 spiro atoms. The largest absolute Gasteiger partial charge is 0.508 e. The van der Waals surface area contributed by atoms with E-state index in [1.165, 1.54) is 0 Å². The number of phenolic OH excluding ortho intramolecular Hbond substituents is 1. The van der Waals surface area contributed by atoms with Crippen molar-refractivity contribution >= 4 is 6.09 Å². The van der Waals surface area contributed by atoms with Crippen LogP contribution in [0.4, 0.5) is 4.79 Å². The van der Waals surface area contributed by atoms with Crippen molar-refractivity contribution in [3.05, 3.63) is 29.3 Å². The number of piperidine rings is 1. The lowest BCUT2D eigenvalue weighted by Crippen LogP contribution is -2.41. The Morgan fingerprint density at radius 2 is 1.90 bits per heavy atom. The Kier molecular flexibility index (Phi) is 4.45. The van der Waals surface area contributed by atoms with Crippen LogP contribution in [0, 0.1) is 6.92 Å². The zero-order chi connectivity index (χ0) is 15.6. The molecular formula is C17H25NO3. The number of amides is 1. The minimum atomic E-state index is -0.456. The summed E-state index contributed by atoms with van der Waals surface area (Å²) in [5.74, 6) is 0.667. The molecular weight excluding hydrogens is 266 g/mol. The highest BCUT2D eigenvalue weighted by Crippen LogP contribution is 2.34. The van der Waals surface area contributed by atoms with Gasteiger partial charge < -0.3 is 14.7 Å². The molecule has 1 aromatic carbocycles. The Labute approximate surface area is 126 Å². The number of carbonyl (C=O) groups excluding carboxylic acids is 1. The maximum absolute atomic E-state index is 12.0. The Bertz CT molecular complexity index is 511. The number of phenols is 1. The number of aromatic hydroxyl groups is 1. The van der Waals surface area contributed by atoms with E-state index in [0.29, 0.717) is 24.8 Å². The summed E-state index contributed by atoms with van der Waals surface area (Å²) in [6.45, 7) is 9.01. The summed E-state index contributed by atoms with van der Waals surface area (Å²) in [4.78, 5) is 13.8. The highest BCUT2D eigenvalue weighted by atomic mass is 16.6. The maximum atomic E-state index is 12.0. The van der Waals surface area contributed by atoms with E-state index in [4.69, 9.17) is 4.74 Å². The van der Waals surface area contributed by atoms with E-state index in [2.05, 4.69) is 0 Å². The summed E-state index contributed by atoms with van der Waals surface area (Å²) >= 11 is 0. The average Bonchev–Trinajstić information content (AvgIpc) is 2.40. The third-order valence-electron chi connectivity index (χ3n) is 3.77. The van der Waals surface area contributed by atoms with E-state index in [9.17, 15) is 9.90 Å². The first-order valence-corrected chi connectivity index (χ1v) is 7.54. The molecule has 1 amide bonds. The Morgan fingerprint density at radius 1 is 1.29 bits per heavy atom. The molecule has 4 heteroatoms. The van der Waals surface area contributed by atoms with Gasteiger partial charge in [-0.15, -0.1) is 0 Å². The van der Waals surface area contributed by atoms with Gasteiger partial charge in [0.25, 0.3) is 0 Å². The van der Waals surface area contributed by atoms with Crippen molar-refractivity contribution in [2.24, 2.45) is 0 Å². The number of likely N-dealkylation sites (tertiary alicyclic amines) is 1. The molecule has 0 atom stereocenters. The van der Waals surface area contributed by atoms with Crippen molar-refractivity contribution < 1.29 is 14.6 Å². The Balaban J connectivity index is 1.97. The van der Waals surface area contributed by atoms with Gasteiger partial charge >= 0.3 is 6.09 Å². The van der Waals surface area contributed by atoms with Crippen molar-refractivity contribution in [1.29, 1.82) is 0 Å². The van der Waals surface area contributed by atoms with Crippen LogP contribution in [0.15, 0.2) is 18.2 Å². The fourth-order valence-corrected chi connectivity index (χ4v) is 2.70. The first-order chi connectivity index (χ1) is 9.76. The van der Waals surface area contributed by atoms with Crippen LogP contribution in [-0.2, 0) is 4.74 Å². The molecule has 21 heavy (non-hydrogen) atoms. The number of hydrogen-bond acceptors (Lipinski definition) is 3. The van der Waals surface area contributed by atoms with Crippen LogP contribution < -0.4 is 0 Å². The number of hydrogen-bond donors (Lipinski definition) is 1. The van der Waals surface area contributed by atoms with Crippen LogP contribution in [0.1, 0.15) is 50.7 Å². The topological polar surface area (TPSA) is 49.8 Å². The molecule has 2 rings (SSSR count). The smallest absolute Gasteiger partial charge is 0.410 e. The molecule has 0 radical (unpaired) electrons. The van der Waals surface area contributed by atoms with Crippen molar-refractivity contribution in [1.82, 2.24) is 4.90 Å². The van der Waals surface area contributed by atoms with Gasteiger partial charge in [-0.05, 0) is 58.1 Å². The van der Waals surface area contributed by atoms with Crippen LogP contribution in [0.25, 0.3) is 0 Å². The van der Waals surface area contributed by atoms with Gasteiger partial charge in [0.2, 0.25) is 0 Å². The summed E-state index contributed by atoms with van der Waals surface area (Å²) < 4.78 is 5.40. The number of ether oxygens (including phenoxy) is 1. The Morgan fingerprint density at radius 3 is 2.48 bits per heavy atom. The predicted molar refractivity (Wildman–Crippen MR) is 82.6 cm³/mol.